The number of hydrogen-bond donors (Lipinski definition) is 0. The summed E-state index contributed by atoms with van der Waals surface area (Å²) in [5.74, 6) is 6.37. The average Bonchev–Trinajstić information content (AvgIpc) is 2.56. The van der Waals surface area contributed by atoms with Crippen molar-refractivity contribution in [3.8, 4) is 11.8 Å². The summed E-state index contributed by atoms with van der Waals surface area (Å²) < 4.78 is 11.5. The normalized spacial score (nSPS) is 24.7. The molecular weight excluding hydrogens is 286 g/mol. The molecular formula is C20H27NO2. The van der Waals surface area contributed by atoms with Crippen LogP contribution in [-0.4, -0.2) is 38.5 Å². The lowest BCUT2D eigenvalue weighted by atomic mass is 9.91. The van der Waals surface area contributed by atoms with E-state index in [0.717, 1.165) is 50.8 Å². The standard InChI is InChI=1S/C20H27NO2/c1-3-4-6-16-7-5-8-17(13-16)21-11-9-18(10-12-21)23-20-14-19(15-20)22-2/h5,7-8,13,18-20H,3,9-12,14-15H2,1-2H3/t19-,20-. The third kappa shape index (κ3) is 4.28. The molecule has 23 heavy (non-hydrogen) atoms. The van der Waals surface area contributed by atoms with Gasteiger partial charge in [0.25, 0.3) is 0 Å². The minimum atomic E-state index is 0.414. The highest BCUT2D eigenvalue weighted by molar-refractivity contribution is 5.52. The molecule has 1 saturated heterocycles. The van der Waals surface area contributed by atoms with Crippen LogP contribution in [0.1, 0.15) is 44.6 Å². The molecule has 0 amide bonds. The van der Waals surface area contributed by atoms with Crippen LogP contribution >= 0.6 is 0 Å². The van der Waals surface area contributed by atoms with Crippen LogP contribution in [0.4, 0.5) is 5.69 Å². The largest absolute Gasteiger partial charge is 0.381 e. The first-order valence-electron chi connectivity index (χ1n) is 8.80. The zero-order valence-corrected chi connectivity index (χ0v) is 14.3. The van der Waals surface area contributed by atoms with E-state index in [-0.39, 0.29) is 0 Å². The Labute approximate surface area is 140 Å². The molecule has 0 unspecified atom stereocenters. The van der Waals surface area contributed by atoms with E-state index in [1.165, 1.54) is 5.69 Å². The van der Waals surface area contributed by atoms with Crippen LogP contribution in [0.5, 0.6) is 0 Å². The van der Waals surface area contributed by atoms with Crippen LogP contribution in [0.25, 0.3) is 0 Å². The second-order valence-corrected chi connectivity index (χ2v) is 6.48. The molecule has 1 saturated carbocycles. The van der Waals surface area contributed by atoms with Gasteiger partial charge in [0.1, 0.15) is 0 Å². The van der Waals surface area contributed by atoms with E-state index in [4.69, 9.17) is 9.47 Å². The number of nitrogens with zero attached hydrogens (tertiary/aromatic N) is 1. The van der Waals surface area contributed by atoms with Gasteiger partial charge in [-0.2, -0.15) is 0 Å². The molecule has 0 spiro atoms. The van der Waals surface area contributed by atoms with Crippen molar-refractivity contribution < 1.29 is 9.47 Å². The molecule has 1 aromatic rings. The predicted octanol–water partition coefficient (Wildman–Crippen LogP) is 3.61. The lowest BCUT2D eigenvalue weighted by Crippen LogP contribution is -2.43. The van der Waals surface area contributed by atoms with Crippen molar-refractivity contribution in [1.82, 2.24) is 0 Å². The van der Waals surface area contributed by atoms with E-state index in [1.54, 1.807) is 7.11 Å². The zero-order valence-electron chi connectivity index (χ0n) is 14.3. The number of ether oxygens (including phenoxy) is 2. The number of anilines is 1. The molecule has 1 aliphatic heterocycles. The number of hydrogen-bond acceptors (Lipinski definition) is 3. The SMILES string of the molecule is CCC#Cc1cccc(N2CCC(O[C@H]3C[C@H](OC)C3)CC2)c1. The van der Waals surface area contributed by atoms with Gasteiger partial charge in [0.15, 0.2) is 0 Å². The van der Waals surface area contributed by atoms with Gasteiger partial charge in [0.2, 0.25) is 0 Å². The molecule has 1 aromatic carbocycles. The average molecular weight is 313 g/mol. The molecule has 2 aliphatic rings. The Morgan fingerprint density at radius 3 is 2.61 bits per heavy atom. The smallest absolute Gasteiger partial charge is 0.0628 e. The third-order valence-corrected chi connectivity index (χ3v) is 4.83. The number of rotatable bonds is 4. The van der Waals surface area contributed by atoms with Crippen molar-refractivity contribution in [3.63, 3.8) is 0 Å². The van der Waals surface area contributed by atoms with Crippen molar-refractivity contribution in [2.75, 3.05) is 25.1 Å². The fourth-order valence-corrected chi connectivity index (χ4v) is 3.31. The molecule has 0 aromatic heterocycles. The van der Waals surface area contributed by atoms with Crippen LogP contribution in [0.15, 0.2) is 24.3 Å². The molecule has 0 atom stereocenters. The van der Waals surface area contributed by atoms with Crippen LogP contribution < -0.4 is 4.90 Å². The fourth-order valence-electron chi connectivity index (χ4n) is 3.31. The van der Waals surface area contributed by atoms with E-state index >= 15 is 0 Å². The summed E-state index contributed by atoms with van der Waals surface area (Å²) in [6.45, 7) is 4.21. The topological polar surface area (TPSA) is 21.7 Å². The molecule has 0 bridgehead atoms. The van der Waals surface area contributed by atoms with Crippen LogP contribution in [0, 0.1) is 11.8 Å². The highest BCUT2D eigenvalue weighted by Crippen LogP contribution is 2.30. The Morgan fingerprint density at radius 1 is 1.13 bits per heavy atom. The summed E-state index contributed by atoms with van der Waals surface area (Å²) in [7, 11) is 1.79. The lowest BCUT2D eigenvalue weighted by Gasteiger charge is -2.40. The van der Waals surface area contributed by atoms with Crippen LogP contribution in [-0.2, 0) is 9.47 Å². The Morgan fingerprint density at radius 2 is 1.91 bits per heavy atom. The van der Waals surface area contributed by atoms with Crippen molar-refractivity contribution in [2.24, 2.45) is 0 Å². The number of benzene rings is 1. The summed E-state index contributed by atoms with van der Waals surface area (Å²) in [4.78, 5) is 2.45. The summed E-state index contributed by atoms with van der Waals surface area (Å²) >= 11 is 0. The van der Waals surface area contributed by atoms with Gasteiger partial charge in [-0.05, 0) is 43.9 Å². The lowest BCUT2D eigenvalue weighted by molar-refractivity contribution is -0.119. The maximum Gasteiger partial charge on any atom is 0.0628 e. The van der Waals surface area contributed by atoms with Gasteiger partial charge in [0.05, 0.1) is 18.3 Å². The predicted molar refractivity (Wildman–Crippen MR) is 93.8 cm³/mol. The number of methoxy groups -OCH3 is 1. The van der Waals surface area contributed by atoms with Gasteiger partial charge in [-0.25, -0.2) is 0 Å². The highest BCUT2D eigenvalue weighted by atomic mass is 16.5. The molecule has 2 fully saturated rings. The highest BCUT2D eigenvalue weighted by Gasteiger charge is 2.32. The van der Waals surface area contributed by atoms with Crippen molar-refractivity contribution in [3.05, 3.63) is 29.8 Å². The Kier molecular flexibility index (Phi) is 5.59. The minimum Gasteiger partial charge on any atom is -0.381 e. The maximum atomic E-state index is 6.19. The fraction of sp³-hybridized carbons (Fsp3) is 0.600. The maximum absolute atomic E-state index is 6.19. The number of piperidine rings is 1. The molecule has 124 valence electrons. The summed E-state index contributed by atoms with van der Waals surface area (Å²) in [6, 6.07) is 8.59. The molecule has 3 heteroatoms. The molecule has 3 nitrogen and oxygen atoms in total. The van der Waals surface area contributed by atoms with Gasteiger partial charge < -0.3 is 14.4 Å². The molecule has 1 aliphatic carbocycles. The Bertz CT molecular complexity index is 560. The van der Waals surface area contributed by atoms with Crippen molar-refractivity contribution in [1.29, 1.82) is 0 Å². The second kappa shape index (κ2) is 7.86. The van der Waals surface area contributed by atoms with E-state index in [0.29, 0.717) is 18.3 Å². The molecule has 0 radical (unpaired) electrons. The van der Waals surface area contributed by atoms with Gasteiger partial charge in [0, 0.05) is 37.9 Å². The third-order valence-electron chi connectivity index (χ3n) is 4.83. The van der Waals surface area contributed by atoms with Crippen molar-refractivity contribution in [2.45, 2.75) is 57.3 Å². The first-order chi connectivity index (χ1) is 11.3. The quantitative estimate of drug-likeness (QED) is 0.793. The first kappa shape index (κ1) is 16.4. The van der Waals surface area contributed by atoms with Gasteiger partial charge in [-0.3, -0.25) is 0 Å². The van der Waals surface area contributed by atoms with E-state index in [1.807, 2.05) is 0 Å². The van der Waals surface area contributed by atoms with Crippen LogP contribution in [0.2, 0.25) is 0 Å². The molecule has 1 heterocycles. The van der Waals surface area contributed by atoms with Crippen LogP contribution in [0.3, 0.4) is 0 Å². The van der Waals surface area contributed by atoms with Gasteiger partial charge in [-0.1, -0.05) is 24.8 Å². The van der Waals surface area contributed by atoms with Crippen molar-refractivity contribution >= 4 is 5.69 Å². The summed E-state index contributed by atoms with van der Waals surface area (Å²) in [5.41, 5.74) is 2.40. The zero-order chi connectivity index (χ0) is 16.1. The van der Waals surface area contributed by atoms with E-state index in [9.17, 15) is 0 Å². The molecule has 0 N–H and O–H groups in total. The minimum absolute atomic E-state index is 0.414. The second-order valence-electron chi connectivity index (χ2n) is 6.48. The van der Waals surface area contributed by atoms with E-state index in [2.05, 4.69) is 47.9 Å². The van der Waals surface area contributed by atoms with E-state index < -0.39 is 0 Å². The Balaban J connectivity index is 1.49. The summed E-state index contributed by atoms with van der Waals surface area (Å²) in [5, 5.41) is 0. The monoisotopic (exact) mass is 313 g/mol. The van der Waals surface area contributed by atoms with Gasteiger partial charge >= 0.3 is 0 Å². The van der Waals surface area contributed by atoms with Gasteiger partial charge in [-0.15, -0.1) is 0 Å². The summed E-state index contributed by atoms with van der Waals surface area (Å²) in [6.07, 6.45) is 6.51. The Hall–Kier alpha value is -1.50. The first-order valence-corrected chi connectivity index (χ1v) is 8.80. The molecule has 3 rings (SSSR count).